The van der Waals surface area contributed by atoms with Crippen LogP contribution in [0.2, 0.25) is 0 Å². The summed E-state index contributed by atoms with van der Waals surface area (Å²) in [6.45, 7) is 4.04. The van der Waals surface area contributed by atoms with E-state index in [1.54, 1.807) is 4.68 Å². The molecule has 0 bridgehead atoms. The van der Waals surface area contributed by atoms with Crippen molar-refractivity contribution in [1.29, 1.82) is 0 Å². The lowest BCUT2D eigenvalue weighted by Crippen LogP contribution is -2.39. The Morgan fingerprint density at radius 2 is 2.47 bits per heavy atom. The summed E-state index contributed by atoms with van der Waals surface area (Å²) in [5.74, 6) is -0.0648. The van der Waals surface area contributed by atoms with Crippen molar-refractivity contribution < 1.29 is 9.53 Å². The number of esters is 1. The smallest absolute Gasteiger partial charge is 0.310 e. The third-order valence-corrected chi connectivity index (χ3v) is 3.10. The Morgan fingerprint density at radius 3 is 3.12 bits per heavy atom. The number of anilines is 1. The van der Waals surface area contributed by atoms with Gasteiger partial charge in [0.25, 0.3) is 0 Å². The van der Waals surface area contributed by atoms with Gasteiger partial charge in [0.1, 0.15) is 0 Å². The van der Waals surface area contributed by atoms with Crippen molar-refractivity contribution in [2.75, 3.05) is 24.6 Å². The summed E-state index contributed by atoms with van der Waals surface area (Å²) < 4.78 is 6.87. The van der Waals surface area contributed by atoms with Gasteiger partial charge in [0.2, 0.25) is 0 Å². The Hall–Kier alpha value is -1.52. The molecule has 0 aromatic carbocycles. The maximum Gasteiger partial charge on any atom is 0.310 e. The Kier molecular flexibility index (Phi) is 3.66. The zero-order valence-electron chi connectivity index (χ0n) is 10.4. The molecule has 0 unspecified atom stereocenters. The molecule has 0 aliphatic carbocycles. The Balaban J connectivity index is 1.99. The fourth-order valence-electron chi connectivity index (χ4n) is 2.24. The molecule has 2 rings (SSSR count). The molecule has 5 nitrogen and oxygen atoms in total. The third-order valence-electron chi connectivity index (χ3n) is 3.10. The van der Waals surface area contributed by atoms with E-state index < -0.39 is 0 Å². The highest BCUT2D eigenvalue weighted by Crippen LogP contribution is 2.23. The lowest BCUT2D eigenvalue weighted by atomic mass is 9.98. The molecule has 2 heterocycles. The molecule has 0 amide bonds. The fourth-order valence-corrected chi connectivity index (χ4v) is 2.24. The van der Waals surface area contributed by atoms with Crippen molar-refractivity contribution in [3.63, 3.8) is 0 Å². The summed E-state index contributed by atoms with van der Waals surface area (Å²) in [6.07, 6.45) is 5.77. The number of carbonyl (C=O) groups excluding carboxylic acids is 1. The summed E-state index contributed by atoms with van der Waals surface area (Å²) in [6, 6.07) is 0. The Bertz CT molecular complexity index is 389. The van der Waals surface area contributed by atoms with Gasteiger partial charge >= 0.3 is 5.97 Å². The molecule has 1 aliphatic rings. The first-order chi connectivity index (χ1) is 8.20. The molecule has 0 radical (unpaired) electrons. The summed E-state index contributed by atoms with van der Waals surface area (Å²) in [5, 5.41) is 4.16. The van der Waals surface area contributed by atoms with Crippen LogP contribution in [0.1, 0.15) is 19.8 Å². The molecule has 1 aliphatic heterocycles. The van der Waals surface area contributed by atoms with Crippen LogP contribution < -0.4 is 4.90 Å². The van der Waals surface area contributed by atoms with Gasteiger partial charge < -0.3 is 9.64 Å². The van der Waals surface area contributed by atoms with Gasteiger partial charge in [-0.1, -0.05) is 0 Å². The van der Waals surface area contributed by atoms with E-state index in [1.165, 1.54) is 0 Å². The van der Waals surface area contributed by atoms with Crippen molar-refractivity contribution in [1.82, 2.24) is 9.78 Å². The second-order valence-corrected chi connectivity index (χ2v) is 4.41. The average Bonchev–Trinajstić information content (AvgIpc) is 2.76. The summed E-state index contributed by atoms with van der Waals surface area (Å²) in [5.41, 5.74) is 1.08. The minimum atomic E-state index is -0.0684. The topological polar surface area (TPSA) is 47.4 Å². The van der Waals surface area contributed by atoms with E-state index in [0.29, 0.717) is 6.61 Å². The summed E-state index contributed by atoms with van der Waals surface area (Å²) >= 11 is 0. The standard InChI is InChI=1S/C12H19N3O2/c1-3-17-12(16)10-5-4-6-15(8-10)11-7-13-14(2)9-11/h7,9-10H,3-6,8H2,1-2H3/t10-/m1/s1. The molecule has 0 spiro atoms. The van der Waals surface area contributed by atoms with Gasteiger partial charge in [0.15, 0.2) is 0 Å². The number of hydrogen-bond donors (Lipinski definition) is 0. The molecule has 1 saturated heterocycles. The second-order valence-electron chi connectivity index (χ2n) is 4.41. The molecule has 0 N–H and O–H groups in total. The first-order valence-corrected chi connectivity index (χ1v) is 6.11. The molecule has 1 aromatic heterocycles. The number of piperidine rings is 1. The van der Waals surface area contributed by atoms with Gasteiger partial charge in [-0.05, 0) is 19.8 Å². The van der Waals surface area contributed by atoms with Gasteiger partial charge in [0.05, 0.1) is 24.4 Å². The highest BCUT2D eigenvalue weighted by atomic mass is 16.5. The average molecular weight is 237 g/mol. The van der Waals surface area contributed by atoms with E-state index in [9.17, 15) is 4.79 Å². The highest BCUT2D eigenvalue weighted by molar-refractivity contribution is 5.73. The Labute approximate surface area is 101 Å². The van der Waals surface area contributed by atoms with Crippen molar-refractivity contribution >= 4 is 11.7 Å². The van der Waals surface area contributed by atoms with E-state index in [-0.39, 0.29) is 11.9 Å². The number of hydrogen-bond acceptors (Lipinski definition) is 4. The van der Waals surface area contributed by atoms with Gasteiger partial charge in [-0.25, -0.2) is 0 Å². The van der Waals surface area contributed by atoms with Crippen LogP contribution in [0.5, 0.6) is 0 Å². The first-order valence-electron chi connectivity index (χ1n) is 6.11. The fraction of sp³-hybridized carbons (Fsp3) is 0.667. The Morgan fingerprint density at radius 1 is 1.65 bits per heavy atom. The quantitative estimate of drug-likeness (QED) is 0.741. The monoisotopic (exact) mass is 237 g/mol. The number of aromatic nitrogens is 2. The molecule has 0 saturated carbocycles. The minimum absolute atomic E-state index is 0.00362. The predicted octanol–water partition coefficient (Wildman–Crippen LogP) is 1.20. The normalized spacial score (nSPS) is 20.4. The van der Waals surface area contributed by atoms with Crippen LogP contribution in [0.15, 0.2) is 12.4 Å². The summed E-state index contributed by atoms with van der Waals surface area (Å²) in [4.78, 5) is 13.9. The van der Waals surface area contributed by atoms with E-state index in [4.69, 9.17) is 4.74 Å². The van der Waals surface area contributed by atoms with Crippen LogP contribution in [0.4, 0.5) is 5.69 Å². The zero-order chi connectivity index (χ0) is 12.3. The van der Waals surface area contributed by atoms with E-state index in [1.807, 2.05) is 26.4 Å². The van der Waals surface area contributed by atoms with Crippen LogP contribution in [0, 0.1) is 5.92 Å². The first kappa shape index (κ1) is 12.0. The number of nitrogens with zero attached hydrogens (tertiary/aromatic N) is 3. The summed E-state index contributed by atoms with van der Waals surface area (Å²) in [7, 11) is 1.90. The zero-order valence-corrected chi connectivity index (χ0v) is 10.4. The predicted molar refractivity (Wildman–Crippen MR) is 64.8 cm³/mol. The van der Waals surface area contributed by atoms with Crippen LogP contribution in [-0.2, 0) is 16.6 Å². The molecule has 94 valence electrons. The molecule has 1 aromatic rings. The molecular formula is C12H19N3O2. The van der Waals surface area contributed by atoms with Crippen molar-refractivity contribution in [2.24, 2.45) is 13.0 Å². The molecule has 1 fully saturated rings. The maximum absolute atomic E-state index is 11.7. The maximum atomic E-state index is 11.7. The third kappa shape index (κ3) is 2.78. The second kappa shape index (κ2) is 5.21. The minimum Gasteiger partial charge on any atom is -0.466 e. The van der Waals surface area contributed by atoms with Gasteiger partial charge in [-0.2, -0.15) is 5.10 Å². The van der Waals surface area contributed by atoms with E-state index >= 15 is 0 Å². The largest absolute Gasteiger partial charge is 0.466 e. The molecule has 17 heavy (non-hydrogen) atoms. The lowest BCUT2D eigenvalue weighted by Gasteiger charge is -2.32. The van der Waals surface area contributed by atoms with Crippen molar-refractivity contribution in [2.45, 2.75) is 19.8 Å². The van der Waals surface area contributed by atoms with Crippen LogP contribution in [0.25, 0.3) is 0 Å². The van der Waals surface area contributed by atoms with Crippen LogP contribution in [0.3, 0.4) is 0 Å². The van der Waals surface area contributed by atoms with Gasteiger partial charge in [-0.3, -0.25) is 9.48 Å². The number of ether oxygens (including phenoxy) is 1. The van der Waals surface area contributed by atoms with Crippen molar-refractivity contribution in [3.8, 4) is 0 Å². The van der Waals surface area contributed by atoms with Crippen LogP contribution >= 0.6 is 0 Å². The molecule has 5 heteroatoms. The number of carbonyl (C=O) groups is 1. The molecule has 1 atom stereocenters. The SMILES string of the molecule is CCOC(=O)[C@@H]1CCCN(c2cnn(C)c2)C1. The van der Waals surface area contributed by atoms with Crippen LogP contribution in [-0.4, -0.2) is 35.4 Å². The molecular weight excluding hydrogens is 218 g/mol. The van der Waals surface area contributed by atoms with E-state index in [2.05, 4.69) is 10.00 Å². The number of aryl methyl sites for hydroxylation is 1. The van der Waals surface area contributed by atoms with Gasteiger partial charge in [0, 0.05) is 26.3 Å². The highest BCUT2D eigenvalue weighted by Gasteiger charge is 2.27. The van der Waals surface area contributed by atoms with Gasteiger partial charge in [-0.15, -0.1) is 0 Å². The van der Waals surface area contributed by atoms with E-state index in [0.717, 1.165) is 31.6 Å². The number of rotatable bonds is 3. The van der Waals surface area contributed by atoms with Crippen molar-refractivity contribution in [3.05, 3.63) is 12.4 Å². The lowest BCUT2D eigenvalue weighted by molar-refractivity contribution is -0.148.